The molecule has 0 spiro atoms. The Hall–Kier alpha value is -1.68. The first-order valence-corrected chi connectivity index (χ1v) is 10.5. The van der Waals surface area contributed by atoms with E-state index in [9.17, 15) is 18.0 Å². The fourth-order valence-electron chi connectivity index (χ4n) is 2.58. The number of amides is 1. The fraction of sp³-hybridized carbons (Fsp3) is 0.529. The van der Waals surface area contributed by atoms with Crippen LogP contribution in [0.25, 0.3) is 0 Å². The molecule has 3 rings (SSSR count). The molecule has 2 aliphatic rings. The second-order valence-electron chi connectivity index (χ2n) is 6.49. The molecule has 0 unspecified atom stereocenters. The third-order valence-electron chi connectivity index (χ3n) is 4.33. The second-order valence-corrected chi connectivity index (χ2v) is 8.81. The summed E-state index contributed by atoms with van der Waals surface area (Å²) in [5.41, 5.74) is 0.0114. The van der Waals surface area contributed by atoms with E-state index in [0.717, 1.165) is 12.8 Å². The topological polar surface area (TPSA) is 102 Å². The lowest BCUT2D eigenvalue weighted by molar-refractivity contribution is -0.129. The minimum absolute atomic E-state index is 0.0114. The van der Waals surface area contributed by atoms with Crippen LogP contribution in [0.5, 0.6) is 0 Å². The van der Waals surface area contributed by atoms with Crippen LogP contribution in [0.2, 0.25) is 5.02 Å². The summed E-state index contributed by atoms with van der Waals surface area (Å²) in [7, 11) is -3.87. The minimum Gasteiger partial charge on any atom is -0.449 e. The number of benzene rings is 1. The molecular formula is C17H21ClN2O6S. The first-order chi connectivity index (χ1) is 12.8. The molecule has 1 saturated carbocycles. The molecule has 148 valence electrons. The van der Waals surface area contributed by atoms with Gasteiger partial charge in [-0.25, -0.2) is 13.2 Å². The van der Waals surface area contributed by atoms with Crippen LogP contribution >= 0.6 is 11.6 Å². The molecule has 1 aliphatic heterocycles. The Kier molecular flexibility index (Phi) is 6.05. The Balaban J connectivity index is 1.75. The number of nitrogens with one attached hydrogen (secondary N) is 1. The van der Waals surface area contributed by atoms with Gasteiger partial charge in [-0.2, -0.15) is 4.31 Å². The quantitative estimate of drug-likeness (QED) is 0.699. The Morgan fingerprint density at radius 1 is 1.30 bits per heavy atom. The monoisotopic (exact) mass is 416 g/mol. The maximum Gasteiger partial charge on any atom is 0.338 e. The van der Waals surface area contributed by atoms with E-state index >= 15 is 0 Å². The summed E-state index contributed by atoms with van der Waals surface area (Å²) in [6, 6.07) is 4.04. The largest absolute Gasteiger partial charge is 0.449 e. The van der Waals surface area contributed by atoms with Crippen LogP contribution in [-0.4, -0.2) is 63.0 Å². The third kappa shape index (κ3) is 4.78. The van der Waals surface area contributed by atoms with E-state index in [1.807, 2.05) is 0 Å². The zero-order valence-electron chi connectivity index (χ0n) is 14.8. The van der Waals surface area contributed by atoms with Gasteiger partial charge in [0.25, 0.3) is 5.91 Å². The van der Waals surface area contributed by atoms with Gasteiger partial charge in [-0.05, 0) is 38.0 Å². The first-order valence-electron chi connectivity index (χ1n) is 8.68. The number of sulfonamides is 1. The lowest BCUT2D eigenvalue weighted by Gasteiger charge is -2.26. The molecule has 1 aliphatic carbocycles. The number of halogens is 1. The maximum absolute atomic E-state index is 12.8. The van der Waals surface area contributed by atoms with Gasteiger partial charge in [0, 0.05) is 19.1 Å². The van der Waals surface area contributed by atoms with Crippen molar-refractivity contribution >= 4 is 33.5 Å². The number of carbonyl (C=O) groups excluding carboxylic acids is 2. The molecule has 10 heteroatoms. The Morgan fingerprint density at radius 2 is 1.96 bits per heavy atom. The summed E-state index contributed by atoms with van der Waals surface area (Å²) in [6.45, 7) is 2.49. The summed E-state index contributed by atoms with van der Waals surface area (Å²) in [6.07, 6.45) is 0.867. The number of carbonyl (C=O) groups is 2. The standard InChI is InChI=1S/C17H21ClN2O6S/c1-11(16(21)19-13-3-4-13)26-17(22)12-2-5-14(18)15(10-12)27(23,24)20-6-8-25-9-7-20/h2,5,10-11,13H,3-4,6-9H2,1H3,(H,19,21)/t11-/m1/s1. The van der Waals surface area contributed by atoms with E-state index in [4.69, 9.17) is 21.1 Å². The molecule has 27 heavy (non-hydrogen) atoms. The van der Waals surface area contributed by atoms with E-state index in [1.54, 1.807) is 0 Å². The van der Waals surface area contributed by atoms with Gasteiger partial charge >= 0.3 is 5.97 Å². The van der Waals surface area contributed by atoms with Crippen LogP contribution < -0.4 is 5.32 Å². The van der Waals surface area contributed by atoms with Crippen LogP contribution in [0.3, 0.4) is 0 Å². The van der Waals surface area contributed by atoms with E-state index < -0.39 is 22.1 Å². The molecule has 0 bridgehead atoms. The van der Waals surface area contributed by atoms with Gasteiger partial charge in [0.15, 0.2) is 6.10 Å². The van der Waals surface area contributed by atoms with Gasteiger partial charge in [-0.1, -0.05) is 11.6 Å². The molecule has 1 heterocycles. The van der Waals surface area contributed by atoms with Gasteiger partial charge < -0.3 is 14.8 Å². The smallest absolute Gasteiger partial charge is 0.338 e. The molecule has 1 saturated heterocycles. The molecule has 0 aromatic heterocycles. The van der Waals surface area contributed by atoms with E-state index in [1.165, 1.54) is 29.4 Å². The van der Waals surface area contributed by atoms with Crippen molar-refractivity contribution in [2.24, 2.45) is 0 Å². The van der Waals surface area contributed by atoms with Crippen molar-refractivity contribution in [1.82, 2.24) is 9.62 Å². The highest BCUT2D eigenvalue weighted by atomic mass is 35.5. The summed E-state index contributed by atoms with van der Waals surface area (Å²) in [5.74, 6) is -1.16. The minimum atomic E-state index is -3.87. The Morgan fingerprint density at radius 3 is 2.59 bits per heavy atom. The lowest BCUT2D eigenvalue weighted by atomic mass is 10.2. The van der Waals surface area contributed by atoms with E-state index in [2.05, 4.69) is 5.32 Å². The predicted molar refractivity (Wildman–Crippen MR) is 97.1 cm³/mol. The molecule has 0 radical (unpaired) electrons. The lowest BCUT2D eigenvalue weighted by Crippen LogP contribution is -2.40. The number of esters is 1. The van der Waals surface area contributed by atoms with E-state index in [-0.39, 0.29) is 40.5 Å². The van der Waals surface area contributed by atoms with Crippen LogP contribution in [0, 0.1) is 0 Å². The number of morpholine rings is 1. The Labute approximate surface area is 162 Å². The van der Waals surface area contributed by atoms with Crippen molar-refractivity contribution in [3.8, 4) is 0 Å². The molecule has 1 atom stereocenters. The Bertz CT molecular complexity index is 834. The highest BCUT2D eigenvalue weighted by Crippen LogP contribution is 2.27. The van der Waals surface area contributed by atoms with Crippen LogP contribution in [0.1, 0.15) is 30.1 Å². The molecule has 1 N–H and O–H groups in total. The van der Waals surface area contributed by atoms with Crippen molar-refractivity contribution in [3.63, 3.8) is 0 Å². The summed E-state index contributed by atoms with van der Waals surface area (Å²) >= 11 is 6.07. The number of nitrogens with zero attached hydrogens (tertiary/aromatic N) is 1. The molecular weight excluding hydrogens is 396 g/mol. The van der Waals surface area contributed by atoms with E-state index in [0.29, 0.717) is 13.2 Å². The highest BCUT2D eigenvalue weighted by Gasteiger charge is 2.30. The first kappa shape index (κ1) is 20.1. The fourth-order valence-corrected chi connectivity index (χ4v) is 4.49. The third-order valence-corrected chi connectivity index (χ3v) is 6.71. The molecule has 1 amide bonds. The van der Waals surface area contributed by atoms with Gasteiger partial charge in [0.2, 0.25) is 10.0 Å². The number of hydrogen-bond donors (Lipinski definition) is 1. The summed E-state index contributed by atoms with van der Waals surface area (Å²) < 4.78 is 37.2. The highest BCUT2D eigenvalue weighted by molar-refractivity contribution is 7.89. The average molecular weight is 417 g/mol. The van der Waals surface area contributed by atoms with Gasteiger partial charge in [-0.3, -0.25) is 4.79 Å². The zero-order valence-corrected chi connectivity index (χ0v) is 16.4. The van der Waals surface area contributed by atoms with Crippen molar-refractivity contribution in [2.75, 3.05) is 26.3 Å². The van der Waals surface area contributed by atoms with Crippen molar-refractivity contribution in [1.29, 1.82) is 0 Å². The number of ether oxygens (including phenoxy) is 2. The van der Waals surface area contributed by atoms with Gasteiger partial charge in [-0.15, -0.1) is 0 Å². The van der Waals surface area contributed by atoms with Gasteiger partial charge in [0.1, 0.15) is 4.90 Å². The van der Waals surface area contributed by atoms with Crippen molar-refractivity contribution in [3.05, 3.63) is 28.8 Å². The number of hydrogen-bond acceptors (Lipinski definition) is 6. The van der Waals surface area contributed by atoms with Crippen molar-refractivity contribution in [2.45, 2.75) is 36.8 Å². The number of rotatable bonds is 6. The molecule has 2 fully saturated rings. The SMILES string of the molecule is C[C@@H](OC(=O)c1ccc(Cl)c(S(=O)(=O)N2CCOCC2)c1)C(=O)NC1CC1. The predicted octanol–water partition coefficient (Wildman–Crippen LogP) is 1.18. The van der Waals surface area contributed by atoms with Crippen LogP contribution in [0.4, 0.5) is 0 Å². The van der Waals surface area contributed by atoms with Crippen LogP contribution in [-0.2, 0) is 24.3 Å². The molecule has 1 aromatic rings. The molecule has 8 nitrogen and oxygen atoms in total. The summed E-state index contributed by atoms with van der Waals surface area (Å²) in [5, 5.41) is 2.76. The maximum atomic E-state index is 12.8. The summed E-state index contributed by atoms with van der Waals surface area (Å²) in [4.78, 5) is 24.1. The second kappa shape index (κ2) is 8.14. The normalized spacial score (nSPS) is 19.3. The average Bonchev–Trinajstić information content (AvgIpc) is 3.46. The van der Waals surface area contributed by atoms with Gasteiger partial charge in [0.05, 0.1) is 23.8 Å². The molecule has 1 aromatic carbocycles. The van der Waals surface area contributed by atoms with Crippen molar-refractivity contribution < 1.29 is 27.5 Å². The zero-order chi connectivity index (χ0) is 19.6. The van der Waals surface area contributed by atoms with Crippen LogP contribution in [0.15, 0.2) is 23.1 Å².